The molecular formula is C27H24N10O. The van der Waals surface area contributed by atoms with Crippen molar-refractivity contribution in [2.75, 3.05) is 11.1 Å². The molecule has 0 radical (unpaired) electrons. The summed E-state index contributed by atoms with van der Waals surface area (Å²) in [5.41, 5.74) is 11.2. The molecule has 0 aliphatic heterocycles. The Morgan fingerprint density at radius 3 is 2.84 bits per heavy atom. The molecule has 11 nitrogen and oxygen atoms in total. The molecule has 0 unspecified atom stereocenters. The van der Waals surface area contributed by atoms with E-state index in [1.165, 1.54) is 0 Å². The molecule has 0 bridgehead atoms. The summed E-state index contributed by atoms with van der Waals surface area (Å²) in [5.74, 6) is 0.909. The number of nitrogen functional groups attached to an aromatic ring is 1. The third kappa shape index (κ3) is 5.16. The zero-order chi connectivity index (χ0) is 25.9. The first kappa shape index (κ1) is 23.2. The zero-order valence-electron chi connectivity index (χ0n) is 20.3. The van der Waals surface area contributed by atoms with Crippen LogP contribution in [-0.2, 0) is 11.2 Å². The maximum absolute atomic E-state index is 11.8. The molecule has 1 aliphatic rings. The van der Waals surface area contributed by atoms with Gasteiger partial charge in [0, 0.05) is 29.6 Å². The van der Waals surface area contributed by atoms with Crippen molar-refractivity contribution in [2.45, 2.75) is 19.3 Å². The number of rotatable bonds is 8. The summed E-state index contributed by atoms with van der Waals surface area (Å²) in [6.07, 6.45) is 9.56. The van der Waals surface area contributed by atoms with Crippen LogP contribution in [0, 0.1) is 5.92 Å². The van der Waals surface area contributed by atoms with Gasteiger partial charge in [-0.05, 0) is 55.2 Å². The van der Waals surface area contributed by atoms with Crippen LogP contribution < -0.4 is 16.4 Å². The van der Waals surface area contributed by atoms with Gasteiger partial charge in [0.15, 0.2) is 11.2 Å². The molecule has 6 rings (SSSR count). The fourth-order valence-corrected chi connectivity index (χ4v) is 4.00. The van der Waals surface area contributed by atoms with E-state index in [1.807, 2.05) is 54.6 Å². The van der Waals surface area contributed by atoms with Crippen LogP contribution in [0.4, 0.5) is 17.6 Å². The average molecular weight is 505 g/mol. The number of nitrogens with zero attached hydrogens (tertiary/aromatic N) is 7. The number of benzene rings is 2. The van der Waals surface area contributed by atoms with Crippen molar-refractivity contribution >= 4 is 34.7 Å². The van der Waals surface area contributed by atoms with Gasteiger partial charge in [-0.3, -0.25) is 4.79 Å². The van der Waals surface area contributed by atoms with Crippen LogP contribution in [-0.4, -0.2) is 40.8 Å². The second kappa shape index (κ2) is 10.1. The molecule has 3 aromatic heterocycles. The minimum absolute atomic E-state index is 0.0960. The first-order chi connectivity index (χ1) is 18.6. The Morgan fingerprint density at radius 1 is 1.08 bits per heavy atom. The lowest BCUT2D eigenvalue weighted by Crippen LogP contribution is -2.18. The number of amides is 1. The van der Waals surface area contributed by atoms with Crippen LogP contribution in [0.5, 0.6) is 0 Å². The highest BCUT2D eigenvalue weighted by atomic mass is 16.1. The fourth-order valence-electron chi connectivity index (χ4n) is 4.00. The summed E-state index contributed by atoms with van der Waals surface area (Å²) in [4.78, 5) is 29.1. The molecule has 5 aromatic rings. The van der Waals surface area contributed by atoms with Crippen LogP contribution in [0.25, 0.3) is 28.1 Å². The summed E-state index contributed by atoms with van der Waals surface area (Å²) in [6, 6.07) is 17.5. The van der Waals surface area contributed by atoms with Crippen LogP contribution in [0.2, 0.25) is 0 Å². The molecule has 0 spiro atoms. The summed E-state index contributed by atoms with van der Waals surface area (Å²) in [6.45, 7) is 0. The van der Waals surface area contributed by atoms with E-state index in [9.17, 15) is 4.79 Å². The molecule has 0 atom stereocenters. The Kier molecular flexibility index (Phi) is 6.14. The van der Waals surface area contributed by atoms with Crippen LogP contribution >= 0.6 is 0 Å². The van der Waals surface area contributed by atoms with Crippen molar-refractivity contribution in [2.24, 2.45) is 5.92 Å². The standard InChI is InChI=1S/C27H24N10O/c28-26-30-13-11-22(33-26)19-6-2-7-20(15-19)32-27-31-16-23-24(34-27)37(36-35-23)21-8-1-4-17(14-21)5-3-12-29-25(38)18-9-10-18/h1-4,6-8,11-16,18H,5,9-10H2,(H,29,38)(H2,28,30,33)(H,31,32,34). The van der Waals surface area contributed by atoms with Crippen molar-refractivity contribution in [3.63, 3.8) is 0 Å². The molecule has 4 N–H and O–H groups in total. The van der Waals surface area contributed by atoms with Crippen molar-refractivity contribution in [1.82, 2.24) is 40.2 Å². The zero-order valence-corrected chi connectivity index (χ0v) is 20.3. The lowest BCUT2D eigenvalue weighted by molar-refractivity contribution is -0.121. The minimum Gasteiger partial charge on any atom is -0.368 e. The number of carbonyl (C=O) groups is 1. The highest BCUT2D eigenvalue weighted by molar-refractivity contribution is 5.81. The van der Waals surface area contributed by atoms with Gasteiger partial charge >= 0.3 is 0 Å². The van der Waals surface area contributed by atoms with Gasteiger partial charge in [0.05, 0.1) is 17.6 Å². The van der Waals surface area contributed by atoms with Crippen molar-refractivity contribution in [3.8, 4) is 16.9 Å². The lowest BCUT2D eigenvalue weighted by Gasteiger charge is -2.08. The van der Waals surface area contributed by atoms with Crippen molar-refractivity contribution < 1.29 is 4.79 Å². The van der Waals surface area contributed by atoms with Crippen molar-refractivity contribution in [1.29, 1.82) is 0 Å². The molecule has 11 heteroatoms. The number of hydrogen-bond acceptors (Lipinski definition) is 9. The fraction of sp³-hybridized carbons (Fsp3) is 0.148. The Labute approximate surface area is 217 Å². The lowest BCUT2D eigenvalue weighted by atomic mass is 10.1. The predicted octanol–water partition coefficient (Wildman–Crippen LogP) is 3.58. The SMILES string of the molecule is Nc1nccc(-c2cccc(Nc3ncc4nnn(-c5cccc(CC=CNC(=O)C6CC6)c5)c4n3)c2)n1. The van der Waals surface area contributed by atoms with E-state index in [0.717, 1.165) is 41.0 Å². The quantitative estimate of drug-likeness (QED) is 0.288. The average Bonchev–Trinajstić information content (AvgIpc) is 3.71. The topological polar surface area (TPSA) is 149 Å². The van der Waals surface area contributed by atoms with E-state index in [0.29, 0.717) is 23.5 Å². The largest absolute Gasteiger partial charge is 0.368 e. The Morgan fingerprint density at radius 2 is 1.97 bits per heavy atom. The third-order valence-corrected chi connectivity index (χ3v) is 6.08. The number of anilines is 3. The Balaban J connectivity index is 1.21. The van der Waals surface area contributed by atoms with Crippen LogP contribution in [0.1, 0.15) is 18.4 Å². The van der Waals surface area contributed by atoms with Gasteiger partial charge in [-0.1, -0.05) is 35.6 Å². The summed E-state index contributed by atoms with van der Waals surface area (Å²) in [5, 5.41) is 14.6. The highest BCUT2D eigenvalue weighted by Crippen LogP contribution is 2.28. The molecule has 1 aliphatic carbocycles. The van der Waals surface area contributed by atoms with Crippen molar-refractivity contribution in [3.05, 3.63) is 84.8 Å². The second-order valence-electron chi connectivity index (χ2n) is 8.97. The number of hydrogen-bond donors (Lipinski definition) is 3. The van der Waals surface area contributed by atoms with E-state index in [4.69, 9.17) is 5.73 Å². The van der Waals surface area contributed by atoms with Gasteiger partial charge in [0.25, 0.3) is 0 Å². The number of carbonyl (C=O) groups excluding carboxylic acids is 1. The molecular weight excluding hydrogens is 480 g/mol. The smallest absolute Gasteiger partial charge is 0.229 e. The van der Waals surface area contributed by atoms with Gasteiger partial charge in [0.2, 0.25) is 17.8 Å². The number of nitrogens with one attached hydrogen (secondary N) is 2. The maximum atomic E-state index is 11.8. The van der Waals surface area contributed by atoms with Crippen LogP contribution in [0.3, 0.4) is 0 Å². The molecule has 188 valence electrons. The summed E-state index contributed by atoms with van der Waals surface area (Å²) >= 11 is 0. The summed E-state index contributed by atoms with van der Waals surface area (Å²) in [7, 11) is 0. The highest BCUT2D eigenvalue weighted by Gasteiger charge is 2.28. The molecule has 2 aromatic carbocycles. The van der Waals surface area contributed by atoms with Gasteiger partial charge in [-0.2, -0.15) is 9.67 Å². The summed E-state index contributed by atoms with van der Waals surface area (Å²) < 4.78 is 1.68. The van der Waals surface area contributed by atoms with Gasteiger partial charge in [-0.25, -0.2) is 15.0 Å². The molecule has 38 heavy (non-hydrogen) atoms. The van der Waals surface area contributed by atoms with E-state index < -0.39 is 0 Å². The van der Waals surface area contributed by atoms with Gasteiger partial charge in [0.1, 0.15) is 0 Å². The predicted molar refractivity (Wildman–Crippen MR) is 143 cm³/mol. The first-order valence-corrected chi connectivity index (χ1v) is 12.2. The monoisotopic (exact) mass is 504 g/mol. The first-order valence-electron chi connectivity index (χ1n) is 12.2. The third-order valence-electron chi connectivity index (χ3n) is 6.08. The minimum atomic E-state index is 0.0960. The van der Waals surface area contributed by atoms with E-state index in [-0.39, 0.29) is 17.8 Å². The molecule has 3 heterocycles. The number of allylic oxidation sites excluding steroid dienone is 1. The Bertz CT molecular complexity index is 1660. The van der Waals surface area contributed by atoms with E-state index in [2.05, 4.69) is 40.9 Å². The Hall–Kier alpha value is -5.19. The van der Waals surface area contributed by atoms with Gasteiger partial charge in [-0.15, -0.1) is 5.10 Å². The number of fused-ring (bicyclic) bond motifs is 1. The molecule has 1 fully saturated rings. The van der Waals surface area contributed by atoms with Crippen LogP contribution in [0.15, 0.2) is 79.3 Å². The molecule has 1 amide bonds. The maximum Gasteiger partial charge on any atom is 0.229 e. The molecule has 1 saturated carbocycles. The van der Waals surface area contributed by atoms with Gasteiger partial charge < -0.3 is 16.4 Å². The normalized spacial score (nSPS) is 13.2. The number of aromatic nitrogens is 7. The number of nitrogens with two attached hydrogens (primary N) is 1. The van der Waals surface area contributed by atoms with E-state index in [1.54, 1.807) is 29.3 Å². The second-order valence-corrected chi connectivity index (χ2v) is 8.97. The molecule has 0 saturated heterocycles. The van der Waals surface area contributed by atoms with E-state index >= 15 is 0 Å².